The van der Waals surface area contributed by atoms with Crippen molar-refractivity contribution in [2.75, 3.05) is 32.8 Å². The number of carbonyl (C=O) groups is 1. The van der Waals surface area contributed by atoms with Gasteiger partial charge in [-0.2, -0.15) is 5.10 Å². The maximum Gasteiger partial charge on any atom is 0.251 e. The molecule has 0 unspecified atom stereocenters. The van der Waals surface area contributed by atoms with Crippen molar-refractivity contribution in [2.45, 2.75) is 76.2 Å². The Morgan fingerprint density at radius 1 is 1.08 bits per heavy atom. The highest BCUT2D eigenvalue weighted by molar-refractivity contribution is 6.01. The van der Waals surface area contributed by atoms with Crippen molar-refractivity contribution in [1.29, 1.82) is 0 Å². The minimum atomic E-state index is -0.0350. The van der Waals surface area contributed by atoms with Gasteiger partial charge in [-0.3, -0.25) is 14.8 Å². The maximum absolute atomic E-state index is 13.3. The molecule has 2 N–H and O–H groups in total. The van der Waals surface area contributed by atoms with Gasteiger partial charge in [-0.1, -0.05) is 12.8 Å². The van der Waals surface area contributed by atoms with Crippen molar-refractivity contribution < 1.29 is 19.0 Å². The fourth-order valence-electron chi connectivity index (χ4n) is 6.72. The fraction of sp³-hybridized carbons (Fsp3) is 0.548. The molecule has 1 aliphatic carbocycles. The third-order valence-corrected chi connectivity index (χ3v) is 8.70. The van der Waals surface area contributed by atoms with E-state index in [1.54, 1.807) is 0 Å². The van der Waals surface area contributed by atoms with Gasteiger partial charge in [0.1, 0.15) is 11.9 Å². The molecule has 3 atom stereocenters. The van der Waals surface area contributed by atoms with E-state index in [2.05, 4.69) is 34.3 Å². The zero-order valence-electron chi connectivity index (χ0n) is 23.1. The van der Waals surface area contributed by atoms with Crippen LogP contribution in [0.1, 0.15) is 62.7 Å². The van der Waals surface area contributed by atoms with E-state index < -0.39 is 0 Å². The summed E-state index contributed by atoms with van der Waals surface area (Å²) in [5, 5.41) is 11.9. The van der Waals surface area contributed by atoms with Gasteiger partial charge in [0, 0.05) is 54.5 Å². The average molecular weight is 533 g/mol. The Kier molecular flexibility index (Phi) is 7.60. The van der Waals surface area contributed by atoms with Crippen molar-refractivity contribution in [3.63, 3.8) is 0 Å². The summed E-state index contributed by atoms with van der Waals surface area (Å²) in [6, 6.07) is 13.9. The molecule has 6 rings (SSSR count). The van der Waals surface area contributed by atoms with Crippen LogP contribution in [0, 0.1) is 0 Å². The van der Waals surface area contributed by atoms with Crippen LogP contribution in [0.5, 0.6) is 5.75 Å². The number of rotatable bonds is 7. The van der Waals surface area contributed by atoms with E-state index in [4.69, 9.17) is 14.2 Å². The summed E-state index contributed by atoms with van der Waals surface area (Å²) in [6.45, 7) is 8.31. The van der Waals surface area contributed by atoms with Crippen molar-refractivity contribution >= 4 is 16.8 Å². The first-order chi connectivity index (χ1) is 19.0. The van der Waals surface area contributed by atoms with Gasteiger partial charge in [-0.15, -0.1) is 0 Å². The number of ether oxygens (including phenoxy) is 3. The van der Waals surface area contributed by atoms with Gasteiger partial charge >= 0.3 is 0 Å². The third-order valence-electron chi connectivity index (χ3n) is 8.70. The van der Waals surface area contributed by atoms with Crippen LogP contribution in [0.25, 0.3) is 22.2 Å². The number of nitrogens with zero attached hydrogens (tertiary/aromatic N) is 2. The summed E-state index contributed by atoms with van der Waals surface area (Å²) < 4.78 is 17.7. The number of nitrogens with one attached hydrogen (secondary N) is 2. The second-order valence-electron chi connectivity index (χ2n) is 11.5. The van der Waals surface area contributed by atoms with Crippen LogP contribution in [-0.2, 0) is 9.47 Å². The lowest BCUT2D eigenvalue weighted by atomic mass is 9.94. The molecule has 1 amide bonds. The Morgan fingerprint density at radius 2 is 1.79 bits per heavy atom. The number of H-pyrrole nitrogens is 1. The van der Waals surface area contributed by atoms with Crippen LogP contribution in [0.3, 0.4) is 0 Å². The molecule has 0 bridgehead atoms. The first-order valence-corrected chi connectivity index (χ1v) is 14.5. The molecular formula is C31H40N4O4. The van der Waals surface area contributed by atoms with Gasteiger partial charge < -0.3 is 19.5 Å². The highest BCUT2D eigenvalue weighted by Crippen LogP contribution is 2.36. The number of fused-ring (bicyclic) bond motifs is 1. The summed E-state index contributed by atoms with van der Waals surface area (Å²) in [7, 11) is 0. The molecule has 2 aromatic carbocycles. The summed E-state index contributed by atoms with van der Waals surface area (Å²) in [5.74, 6) is 0.818. The fourth-order valence-corrected chi connectivity index (χ4v) is 6.72. The minimum absolute atomic E-state index is 0.0350. The number of carbonyl (C=O) groups excluding carboxylic acids is 1. The topological polar surface area (TPSA) is 88.7 Å². The zero-order chi connectivity index (χ0) is 26.8. The van der Waals surface area contributed by atoms with E-state index in [9.17, 15) is 4.79 Å². The molecule has 2 saturated heterocycles. The average Bonchev–Trinajstić information content (AvgIpc) is 3.60. The highest BCUT2D eigenvalue weighted by atomic mass is 16.5. The molecule has 1 aromatic heterocycles. The third kappa shape index (κ3) is 5.69. The van der Waals surface area contributed by atoms with Crippen LogP contribution in [-0.4, -0.2) is 77.7 Å². The number of morpholine rings is 1. The lowest BCUT2D eigenvalue weighted by Gasteiger charge is -2.43. The molecule has 8 heteroatoms. The molecule has 2 aliphatic heterocycles. The monoisotopic (exact) mass is 532 g/mol. The lowest BCUT2D eigenvalue weighted by molar-refractivity contribution is -0.0721. The zero-order valence-corrected chi connectivity index (χ0v) is 23.1. The molecule has 208 valence electrons. The molecule has 3 aromatic rings. The molecule has 39 heavy (non-hydrogen) atoms. The predicted octanol–water partition coefficient (Wildman–Crippen LogP) is 4.94. The Morgan fingerprint density at radius 3 is 2.51 bits per heavy atom. The summed E-state index contributed by atoms with van der Waals surface area (Å²) in [6.07, 6.45) is 7.07. The van der Waals surface area contributed by atoms with Crippen LogP contribution in [0.15, 0.2) is 42.5 Å². The molecule has 1 saturated carbocycles. The second-order valence-corrected chi connectivity index (χ2v) is 11.5. The standard InChI is InChI=1S/C31H40N4O4/c1-21-17-26(18-22(2)38-21)39-25-8-5-23(6-9-25)29-27-19-24(7-10-28(27)33-34-29)30(36)32-20-31(11-3-4-12-31)35-13-15-37-16-14-35/h5-10,19,21-22,26H,3-4,11-18,20H2,1-2H3,(H,32,36)(H,33,34)/t21-,22+,26+. The van der Waals surface area contributed by atoms with Gasteiger partial charge in [-0.05, 0) is 69.2 Å². The summed E-state index contributed by atoms with van der Waals surface area (Å²) in [5.41, 5.74) is 3.43. The minimum Gasteiger partial charge on any atom is -0.490 e. The molecule has 3 aliphatic rings. The van der Waals surface area contributed by atoms with Crippen molar-refractivity contribution in [2.24, 2.45) is 0 Å². The molecular weight excluding hydrogens is 492 g/mol. The number of aromatic nitrogens is 2. The number of benzene rings is 2. The number of aromatic amines is 1. The largest absolute Gasteiger partial charge is 0.490 e. The number of hydrogen-bond acceptors (Lipinski definition) is 6. The van der Waals surface area contributed by atoms with Gasteiger partial charge in [0.15, 0.2) is 0 Å². The van der Waals surface area contributed by atoms with E-state index in [1.807, 2.05) is 42.5 Å². The second kappa shape index (κ2) is 11.3. The van der Waals surface area contributed by atoms with Gasteiger partial charge in [-0.25, -0.2) is 0 Å². The van der Waals surface area contributed by atoms with Crippen LogP contribution < -0.4 is 10.1 Å². The van der Waals surface area contributed by atoms with Gasteiger partial charge in [0.25, 0.3) is 5.91 Å². The molecule has 0 spiro atoms. The first kappa shape index (κ1) is 26.3. The van der Waals surface area contributed by atoms with Crippen molar-refractivity contribution in [3.8, 4) is 17.0 Å². The SMILES string of the molecule is C[C@@H]1C[C@H](Oc2ccc(-c3n[nH]c4ccc(C(=O)NCC5(N6CCOCC6)CCCC5)cc34)cc2)C[C@H](C)O1. The lowest BCUT2D eigenvalue weighted by Crippen LogP contribution is -2.57. The van der Waals surface area contributed by atoms with E-state index in [1.165, 1.54) is 12.8 Å². The van der Waals surface area contributed by atoms with Crippen molar-refractivity contribution in [1.82, 2.24) is 20.4 Å². The van der Waals surface area contributed by atoms with E-state index in [0.717, 1.165) is 79.9 Å². The number of hydrogen-bond donors (Lipinski definition) is 2. The van der Waals surface area contributed by atoms with Gasteiger partial charge in [0.05, 0.1) is 36.6 Å². The van der Waals surface area contributed by atoms with E-state index in [0.29, 0.717) is 12.1 Å². The predicted molar refractivity (Wildman–Crippen MR) is 151 cm³/mol. The summed E-state index contributed by atoms with van der Waals surface area (Å²) in [4.78, 5) is 15.8. The Hall–Kier alpha value is -2.94. The molecule has 0 radical (unpaired) electrons. The molecule has 3 fully saturated rings. The highest BCUT2D eigenvalue weighted by Gasteiger charge is 2.40. The van der Waals surface area contributed by atoms with E-state index >= 15 is 0 Å². The van der Waals surface area contributed by atoms with Gasteiger partial charge in [0.2, 0.25) is 0 Å². The quantitative estimate of drug-likeness (QED) is 0.448. The Balaban J connectivity index is 1.15. The summed E-state index contributed by atoms with van der Waals surface area (Å²) >= 11 is 0. The first-order valence-electron chi connectivity index (χ1n) is 14.5. The molecule has 8 nitrogen and oxygen atoms in total. The maximum atomic E-state index is 13.3. The van der Waals surface area contributed by atoms with Crippen molar-refractivity contribution in [3.05, 3.63) is 48.0 Å². The normalized spacial score (nSPS) is 25.5. The Bertz CT molecular complexity index is 1270. The van der Waals surface area contributed by atoms with Crippen LogP contribution in [0.2, 0.25) is 0 Å². The van der Waals surface area contributed by atoms with Crippen LogP contribution >= 0.6 is 0 Å². The Labute approximate surface area is 230 Å². The van der Waals surface area contributed by atoms with Crippen LogP contribution in [0.4, 0.5) is 0 Å². The number of amides is 1. The smallest absolute Gasteiger partial charge is 0.251 e. The van der Waals surface area contributed by atoms with E-state index in [-0.39, 0.29) is 29.8 Å². The molecule has 3 heterocycles.